The van der Waals surface area contributed by atoms with Crippen LogP contribution in [0.5, 0.6) is 0 Å². The Kier molecular flexibility index (Phi) is 5.84. The average Bonchev–Trinajstić information content (AvgIpc) is 3.34. The zero-order chi connectivity index (χ0) is 22.8. The van der Waals surface area contributed by atoms with Gasteiger partial charge in [-0.2, -0.15) is 0 Å². The molecule has 5 rings (SSSR count). The van der Waals surface area contributed by atoms with E-state index in [4.69, 9.17) is 4.42 Å². The lowest BCUT2D eigenvalue weighted by atomic mass is 9.97. The quantitative estimate of drug-likeness (QED) is 0.481. The number of furan rings is 1. The van der Waals surface area contributed by atoms with Gasteiger partial charge in [-0.3, -0.25) is 9.59 Å². The lowest BCUT2D eigenvalue weighted by Gasteiger charge is -2.29. The molecular weight excluding hydrogens is 414 g/mol. The summed E-state index contributed by atoms with van der Waals surface area (Å²) in [7, 11) is 2.14. The molecule has 6 heteroatoms. The number of piperidine rings is 1. The number of nitrogens with zero attached hydrogens (tertiary/aromatic N) is 2. The van der Waals surface area contributed by atoms with Crippen LogP contribution in [-0.2, 0) is 6.54 Å². The van der Waals surface area contributed by atoms with Gasteiger partial charge in [0.2, 0.25) is 0 Å². The number of hydrogen-bond acceptors (Lipinski definition) is 4. The van der Waals surface area contributed by atoms with Gasteiger partial charge in [0.25, 0.3) is 11.5 Å². The van der Waals surface area contributed by atoms with Crippen LogP contribution in [0.4, 0.5) is 5.69 Å². The Balaban J connectivity index is 1.37. The first-order valence-corrected chi connectivity index (χ1v) is 11.4. The first-order valence-electron chi connectivity index (χ1n) is 11.4. The van der Waals surface area contributed by atoms with Gasteiger partial charge >= 0.3 is 0 Å². The van der Waals surface area contributed by atoms with Crippen LogP contribution in [0.2, 0.25) is 0 Å². The van der Waals surface area contributed by atoms with Crippen LogP contribution in [0.15, 0.2) is 82.1 Å². The minimum Gasteiger partial charge on any atom is -0.451 e. The molecule has 1 aliphatic rings. The molecule has 2 aromatic carbocycles. The molecule has 0 spiro atoms. The molecule has 1 saturated heterocycles. The number of amides is 1. The van der Waals surface area contributed by atoms with E-state index in [9.17, 15) is 9.59 Å². The van der Waals surface area contributed by atoms with Gasteiger partial charge < -0.3 is 19.2 Å². The lowest BCUT2D eigenvalue weighted by Crippen LogP contribution is -2.33. The summed E-state index contributed by atoms with van der Waals surface area (Å²) in [5.74, 6) is 1.02. The van der Waals surface area contributed by atoms with Crippen molar-refractivity contribution >= 4 is 22.4 Å². The summed E-state index contributed by atoms with van der Waals surface area (Å²) < 4.78 is 7.58. The highest BCUT2D eigenvalue weighted by Crippen LogP contribution is 2.25. The molecule has 0 unspecified atom stereocenters. The number of carbonyl (C=O) groups is 1. The molecule has 0 radical (unpaired) electrons. The average molecular weight is 442 g/mol. The fraction of sp³-hybridized carbons (Fsp3) is 0.259. The molecule has 4 aromatic rings. The van der Waals surface area contributed by atoms with E-state index in [1.807, 2.05) is 59.3 Å². The maximum atomic E-state index is 13.2. The zero-order valence-electron chi connectivity index (χ0n) is 18.7. The van der Waals surface area contributed by atoms with Crippen LogP contribution in [0, 0.1) is 5.92 Å². The van der Waals surface area contributed by atoms with Gasteiger partial charge in [-0.05, 0) is 69.2 Å². The Labute approximate surface area is 192 Å². The maximum Gasteiger partial charge on any atom is 0.291 e. The molecular formula is C27H27N3O3. The normalized spacial score (nSPS) is 15.1. The number of rotatable bonds is 5. The summed E-state index contributed by atoms with van der Waals surface area (Å²) in [4.78, 5) is 28.3. The molecule has 0 atom stereocenters. The van der Waals surface area contributed by atoms with Gasteiger partial charge in [0.05, 0.1) is 0 Å². The summed E-state index contributed by atoms with van der Waals surface area (Å²) in [6.07, 6.45) is 4.05. The molecule has 6 nitrogen and oxygen atoms in total. The smallest absolute Gasteiger partial charge is 0.291 e. The third-order valence-corrected chi connectivity index (χ3v) is 6.45. The number of aromatic nitrogens is 1. The summed E-state index contributed by atoms with van der Waals surface area (Å²) >= 11 is 0. The Morgan fingerprint density at radius 3 is 2.55 bits per heavy atom. The number of pyridine rings is 1. The van der Waals surface area contributed by atoms with Crippen molar-refractivity contribution in [2.75, 3.05) is 25.5 Å². The predicted molar refractivity (Wildman–Crippen MR) is 131 cm³/mol. The lowest BCUT2D eigenvalue weighted by molar-refractivity contribution is 0.0997. The molecule has 1 fully saturated rings. The second-order valence-electron chi connectivity index (χ2n) is 8.77. The predicted octanol–water partition coefficient (Wildman–Crippen LogP) is 4.86. The Hall–Kier alpha value is -3.64. The van der Waals surface area contributed by atoms with Crippen LogP contribution in [0.25, 0.3) is 22.1 Å². The summed E-state index contributed by atoms with van der Waals surface area (Å²) in [5.41, 5.74) is 1.48. The molecule has 33 heavy (non-hydrogen) atoms. The third-order valence-electron chi connectivity index (χ3n) is 6.45. The third kappa shape index (κ3) is 4.47. The zero-order valence-corrected chi connectivity index (χ0v) is 18.7. The van der Waals surface area contributed by atoms with E-state index in [0.717, 1.165) is 43.4 Å². The first-order chi connectivity index (χ1) is 16.1. The maximum absolute atomic E-state index is 13.2. The Morgan fingerprint density at radius 2 is 1.76 bits per heavy atom. The van der Waals surface area contributed by atoms with Crippen molar-refractivity contribution in [2.24, 2.45) is 5.92 Å². The summed E-state index contributed by atoms with van der Waals surface area (Å²) in [6.45, 7) is 2.87. The molecule has 1 N–H and O–H groups in total. The van der Waals surface area contributed by atoms with Crippen molar-refractivity contribution in [3.05, 3.63) is 89.0 Å². The van der Waals surface area contributed by atoms with Crippen molar-refractivity contribution in [3.63, 3.8) is 0 Å². The molecule has 0 aliphatic carbocycles. The highest BCUT2D eigenvalue weighted by molar-refractivity contribution is 6.07. The molecule has 1 aliphatic heterocycles. The van der Waals surface area contributed by atoms with Gasteiger partial charge in [-0.15, -0.1) is 0 Å². The fourth-order valence-electron chi connectivity index (χ4n) is 4.50. The number of likely N-dealkylation sites (tertiary alicyclic amines) is 1. The standard InChI is InChI=1S/C27H27N3O3/c1-29-15-12-19(13-16-29)18-30-17-14-21-22(27(30)32)8-5-9-23(21)28-26(31)25-11-10-24(33-25)20-6-3-2-4-7-20/h2-11,14,17,19H,12-13,15-16,18H2,1H3,(H,28,31). The van der Waals surface area contributed by atoms with Gasteiger partial charge in [-0.25, -0.2) is 0 Å². The second-order valence-corrected chi connectivity index (χ2v) is 8.77. The molecule has 1 amide bonds. The van der Waals surface area contributed by atoms with Gasteiger partial charge in [0.15, 0.2) is 5.76 Å². The van der Waals surface area contributed by atoms with E-state index in [1.54, 1.807) is 18.2 Å². The van der Waals surface area contributed by atoms with E-state index in [2.05, 4.69) is 17.3 Å². The largest absolute Gasteiger partial charge is 0.451 e. The summed E-state index contributed by atoms with van der Waals surface area (Å²) in [6, 6.07) is 20.4. The summed E-state index contributed by atoms with van der Waals surface area (Å²) in [5, 5.41) is 4.24. The van der Waals surface area contributed by atoms with Gasteiger partial charge in [0, 0.05) is 34.8 Å². The molecule has 3 heterocycles. The molecule has 0 bridgehead atoms. The highest BCUT2D eigenvalue weighted by atomic mass is 16.3. The molecule has 2 aromatic heterocycles. The van der Waals surface area contributed by atoms with Crippen molar-refractivity contribution in [3.8, 4) is 11.3 Å². The van der Waals surface area contributed by atoms with Gasteiger partial charge in [-0.1, -0.05) is 36.4 Å². The van der Waals surface area contributed by atoms with Crippen molar-refractivity contribution in [1.82, 2.24) is 9.47 Å². The van der Waals surface area contributed by atoms with E-state index in [1.165, 1.54) is 0 Å². The van der Waals surface area contributed by atoms with Crippen LogP contribution in [0.1, 0.15) is 23.4 Å². The minimum atomic E-state index is -0.347. The molecule has 0 saturated carbocycles. The van der Waals surface area contributed by atoms with E-state index in [0.29, 0.717) is 22.8 Å². The Morgan fingerprint density at radius 1 is 0.970 bits per heavy atom. The number of nitrogens with one attached hydrogen (secondary N) is 1. The SMILES string of the molecule is CN1CCC(Cn2ccc3c(NC(=O)c4ccc(-c5ccccc5)o4)cccc3c2=O)CC1. The topological polar surface area (TPSA) is 67.5 Å². The monoisotopic (exact) mass is 441 g/mol. The number of benzene rings is 2. The second kappa shape index (κ2) is 9.08. The number of hydrogen-bond donors (Lipinski definition) is 1. The van der Waals surface area contributed by atoms with Crippen LogP contribution < -0.4 is 10.9 Å². The van der Waals surface area contributed by atoms with Crippen LogP contribution in [-0.4, -0.2) is 35.5 Å². The Bertz CT molecular complexity index is 1330. The number of anilines is 1. The van der Waals surface area contributed by atoms with Gasteiger partial charge in [0.1, 0.15) is 5.76 Å². The number of carbonyl (C=O) groups excluding carboxylic acids is 1. The van der Waals surface area contributed by atoms with E-state index in [-0.39, 0.29) is 17.2 Å². The first kappa shape index (κ1) is 21.2. The molecule has 168 valence electrons. The van der Waals surface area contributed by atoms with Crippen LogP contribution >= 0.6 is 0 Å². The van der Waals surface area contributed by atoms with E-state index >= 15 is 0 Å². The highest BCUT2D eigenvalue weighted by Gasteiger charge is 2.19. The van der Waals surface area contributed by atoms with Crippen molar-refractivity contribution in [2.45, 2.75) is 19.4 Å². The van der Waals surface area contributed by atoms with Crippen molar-refractivity contribution < 1.29 is 9.21 Å². The van der Waals surface area contributed by atoms with Crippen molar-refractivity contribution in [1.29, 1.82) is 0 Å². The minimum absolute atomic E-state index is 0.0214. The fourth-order valence-corrected chi connectivity index (χ4v) is 4.50. The van der Waals surface area contributed by atoms with E-state index < -0.39 is 0 Å². The van der Waals surface area contributed by atoms with Crippen LogP contribution in [0.3, 0.4) is 0 Å². The number of fused-ring (bicyclic) bond motifs is 1.